The van der Waals surface area contributed by atoms with Crippen LogP contribution in [0.3, 0.4) is 0 Å². The molecule has 104 valence electrons. The average Bonchev–Trinajstić information content (AvgIpc) is 2.55. The predicted octanol–water partition coefficient (Wildman–Crippen LogP) is 4.84. The van der Waals surface area contributed by atoms with E-state index in [1.165, 1.54) is 42.4 Å². The van der Waals surface area contributed by atoms with Crippen LogP contribution in [0.4, 0.5) is 0 Å². The van der Waals surface area contributed by atoms with Crippen LogP contribution in [0.1, 0.15) is 24.0 Å². The summed E-state index contributed by atoms with van der Waals surface area (Å²) in [7, 11) is 0. The Bertz CT molecular complexity index is 880. The number of aryl methyl sites for hydroxylation is 2. The Morgan fingerprint density at radius 2 is 1.67 bits per heavy atom. The molecule has 0 atom stereocenters. The molecule has 0 unspecified atom stereocenters. The number of hydrogen-bond donors (Lipinski definition) is 1. The van der Waals surface area contributed by atoms with E-state index < -0.39 is 0 Å². The molecule has 1 aliphatic rings. The number of hydrogen-bond acceptors (Lipinski definition) is 2. The Morgan fingerprint density at radius 3 is 2.52 bits per heavy atom. The molecule has 0 bridgehead atoms. The van der Waals surface area contributed by atoms with Gasteiger partial charge in [-0.05, 0) is 42.9 Å². The zero-order chi connectivity index (χ0) is 14.2. The highest BCUT2D eigenvalue weighted by Gasteiger charge is 2.12. The van der Waals surface area contributed by atoms with Crippen molar-refractivity contribution in [3.05, 3.63) is 58.2 Å². The molecule has 3 aromatic rings. The summed E-state index contributed by atoms with van der Waals surface area (Å²) in [5.41, 5.74) is 5.15. The van der Waals surface area contributed by atoms with Crippen LogP contribution in [0.5, 0.6) is 0 Å². The molecule has 0 aliphatic heterocycles. The van der Waals surface area contributed by atoms with E-state index in [1.807, 2.05) is 12.1 Å². The van der Waals surface area contributed by atoms with Gasteiger partial charge in [0, 0.05) is 16.3 Å². The van der Waals surface area contributed by atoms with Crippen LogP contribution in [-0.4, -0.2) is 10.2 Å². The van der Waals surface area contributed by atoms with Gasteiger partial charge in [-0.3, -0.25) is 5.10 Å². The maximum atomic E-state index is 5.34. The maximum absolute atomic E-state index is 5.34. The molecule has 2 aromatic carbocycles. The number of rotatable bonds is 1. The maximum Gasteiger partial charge on any atom is 0.127 e. The number of benzene rings is 2. The Morgan fingerprint density at radius 1 is 0.905 bits per heavy atom. The van der Waals surface area contributed by atoms with Gasteiger partial charge in [0.2, 0.25) is 0 Å². The van der Waals surface area contributed by atoms with Gasteiger partial charge in [0.1, 0.15) is 4.64 Å². The lowest BCUT2D eigenvalue weighted by Gasteiger charge is -2.16. The second kappa shape index (κ2) is 5.08. The number of fused-ring (bicyclic) bond motifs is 2. The molecule has 0 fully saturated rings. The SMILES string of the molecule is S=c1[nH]nc(-c2ccc3c(c2)CCCC3)c2ccccc12. The van der Waals surface area contributed by atoms with E-state index >= 15 is 0 Å². The van der Waals surface area contributed by atoms with Gasteiger partial charge in [0.15, 0.2) is 0 Å². The summed E-state index contributed by atoms with van der Waals surface area (Å²) in [4.78, 5) is 0. The Hall–Kier alpha value is -2.00. The van der Waals surface area contributed by atoms with Crippen LogP contribution in [0.15, 0.2) is 42.5 Å². The largest absolute Gasteiger partial charge is 0.267 e. The van der Waals surface area contributed by atoms with Gasteiger partial charge < -0.3 is 0 Å². The number of aromatic nitrogens is 2. The van der Waals surface area contributed by atoms with Crippen molar-refractivity contribution in [3.8, 4) is 11.3 Å². The van der Waals surface area contributed by atoms with Crippen LogP contribution in [0.2, 0.25) is 0 Å². The molecular formula is C18H16N2S. The van der Waals surface area contributed by atoms with Crippen molar-refractivity contribution in [2.45, 2.75) is 25.7 Å². The first-order chi connectivity index (χ1) is 10.3. The summed E-state index contributed by atoms with van der Waals surface area (Å²) in [6, 6.07) is 15.0. The molecule has 0 saturated carbocycles. The topological polar surface area (TPSA) is 28.7 Å². The highest BCUT2D eigenvalue weighted by molar-refractivity contribution is 7.71. The summed E-state index contributed by atoms with van der Waals surface area (Å²) < 4.78 is 0.701. The van der Waals surface area contributed by atoms with Crippen molar-refractivity contribution in [1.82, 2.24) is 10.2 Å². The summed E-state index contributed by atoms with van der Waals surface area (Å²) in [5, 5.41) is 9.67. The van der Waals surface area contributed by atoms with Crippen molar-refractivity contribution >= 4 is 23.0 Å². The first kappa shape index (κ1) is 12.7. The molecule has 0 radical (unpaired) electrons. The van der Waals surface area contributed by atoms with E-state index in [1.54, 1.807) is 0 Å². The molecule has 0 saturated heterocycles. The summed E-state index contributed by atoms with van der Waals surface area (Å²) in [5.74, 6) is 0. The summed E-state index contributed by atoms with van der Waals surface area (Å²) in [6.45, 7) is 0. The molecule has 1 aliphatic carbocycles. The van der Waals surface area contributed by atoms with E-state index in [2.05, 4.69) is 40.5 Å². The lowest BCUT2D eigenvalue weighted by Crippen LogP contribution is -2.02. The fourth-order valence-corrected chi connectivity index (χ4v) is 3.44. The van der Waals surface area contributed by atoms with Gasteiger partial charge in [0.25, 0.3) is 0 Å². The minimum Gasteiger partial charge on any atom is -0.267 e. The fraction of sp³-hybridized carbons (Fsp3) is 0.222. The minimum atomic E-state index is 0.701. The van der Waals surface area contributed by atoms with Crippen LogP contribution in [-0.2, 0) is 12.8 Å². The minimum absolute atomic E-state index is 0.701. The van der Waals surface area contributed by atoms with Gasteiger partial charge in [-0.1, -0.05) is 48.6 Å². The second-order valence-corrected chi connectivity index (χ2v) is 6.05. The van der Waals surface area contributed by atoms with Crippen LogP contribution in [0, 0.1) is 4.64 Å². The smallest absolute Gasteiger partial charge is 0.127 e. The standard InChI is InChI=1S/C18H16N2S/c21-18-16-8-4-3-7-15(16)17(19-20-18)14-10-9-12-5-1-2-6-13(12)11-14/h3-4,7-11H,1-2,5-6H2,(H,20,21). The van der Waals surface area contributed by atoms with Crippen molar-refractivity contribution in [3.63, 3.8) is 0 Å². The normalized spacial score (nSPS) is 14.1. The van der Waals surface area contributed by atoms with Gasteiger partial charge in [-0.15, -0.1) is 0 Å². The van der Waals surface area contributed by atoms with E-state index in [-0.39, 0.29) is 0 Å². The third-order valence-electron chi connectivity index (χ3n) is 4.32. The van der Waals surface area contributed by atoms with Gasteiger partial charge in [-0.2, -0.15) is 5.10 Å². The monoisotopic (exact) mass is 292 g/mol. The molecule has 1 aromatic heterocycles. The highest BCUT2D eigenvalue weighted by Crippen LogP contribution is 2.30. The number of aromatic amines is 1. The molecule has 2 nitrogen and oxygen atoms in total. The van der Waals surface area contributed by atoms with E-state index in [9.17, 15) is 0 Å². The van der Waals surface area contributed by atoms with Crippen LogP contribution < -0.4 is 0 Å². The summed E-state index contributed by atoms with van der Waals surface area (Å²) in [6.07, 6.45) is 5.00. The van der Waals surface area contributed by atoms with Crippen molar-refractivity contribution in [2.24, 2.45) is 0 Å². The predicted molar refractivity (Wildman–Crippen MR) is 89.0 cm³/mol. The lowest BCUT2D eigenvalue weighted by molar-refractivity contribution is 0.686. The van der Waals surface area contributed by atoms with Crippen molar-refractivity contribution < 1.29 is 0 Å². The molecule has 0 amide bonds. The van der Waals surface area contributed by atoms with Crippen molar-refractivity contribution in [1.29, 1.82) is 0 Å². The lowest BCUT2D eigenvalue weighted by atomic mass is 9.89. The van der Waals surface area contributed by atoms with Crippen LogP contribution in [0.25, 0.3) is 22.0 Å². The van der Waals surface area contributed by atoms with Crippen molar-refractivity contribution in [2.75, 3.05) is 0 Å². The average molecular weight is 292 g/mol. The van der Waals surface area contributed by atoms with Gasteiger partial charge in [-0.25, -0.2) is 0 Å². The quantitative estimate of drug-likeness (QED) is 0.650. The number of nitrogens with one attached hydrogen (secondary N) is 1. The van der Waals surface area contributed by atoms with Gasteiger partial charge in [0.05, 0.1) is 5.69 Å². The van der Waals surface area contributed by atoms with E-state index in [0.29, 0.717) is 4.64 Å². The molecule has 1 N–H and O–H groups in total. The molecule has 21 heavy (non-hydrogen) atoms. The van der Waals surface area contributed by atoms with Gasteiger partial charge >= 0.3 is 0 Å². The van der Waals surface area contributed by atoms with Crippen LogP contribution >= 0.6 is 12.2 Å². The first-order valence-electron chi connectivity index (χ1n) is 7.42. The molecule has 0 spiro atoms. The first-order valence-corrected chi connectivity index (χ1v) is 7.83. The zero-order valence-corrected chi connectivity index (χ0v) is 12.5. The third kappa shape index (κ3) is 2.18. The second-order valence-electron chi connectivity index (χ2n) is 5.64. The number of H-pyrrole nitrogens is 1. The molecule has 4 rings (SSSR count). The Kier molecular flexibility index (Phi) is 3.08. The molecule has 1 heterocycles. The summed E-state index contributed by atoms with van der Waals surface area (Å²) >= 11 is 5.34. The molecular weight excluding hydrogens is 276 g/mol. The van der Waals surface area contributed by atoms with E-state index in [4.69, 9.17) is 12.2 Å². The van der Waals surface area contributed by atoms with E-state index in [0.717, 1.165) is 16.5 Å². The zero-order valence-electron chi connectivity index (χ0n) is 11.7. The number of nitrogens with zero attached hydrogens (tertiary/aromatic N) is 1. The Balaban J connectivity index is 1.95. The third-order valence-corrected chi connectivity index (χ3v) is 4.63. The fourth-order valence-electron chi connectivity index (χ4n) is 3.22. The molecule has 3 heteroatoms. The highest BCUT2D eigenvalue weighted by atomic mass is 32.1. The Labute approximate surface area is 128 Å².